The van der Waals surface area contributed by atoms with Gasteiger partial charge in [0, 0.05) is 26.2 Å². The second-order valence-electron chi connectivity index (χ2n) is 6.63. The zero-order chi connectivity index (χ0) is 20.3. The molecule has 0 aromatic heterocycles. The van der Waals surface area contributed by atoms with E-state index in [-0.39, 0.29) is 17.6 Å². The van der Waals surface area contributed by atoms with Crippen molar-refractivity contribution in [2.75, 3.05) is 26.2 Å². The lowest BCUT2D eigenvalue weighted by atomic mass is 9.97. The number of benzene rings is 2. The standard InChI is InChI=1S/C21H23F3N2O2/c1-3-26(4-2)20(27)17-10-9-14(11-19(17)28-15-12-25-13-15)16-7-5-6-8-18(16)21(22,23)24/h5-11,15,25H,3-4,12-13H2,1-2H3. The van der Waals surface area contributed by atoms with Gasteiger partial charge in [-0.25, -0.2) is 0 Å². The summed E-state index contributed by atoms with van der Waals surface area (Å²) in [7, 11) is 0. The molecule has 1 saturated heterocycles. The third-order valence-corrected chi connectivity index (χ3v) is 4.84. The highest BCUT2D eigenvalue weighted by atomic mass is 19.4. The molecule has 0 aliphatic carbocycles. The van der Waals surface area contributed by atoms with Gasteiger partial charge in [0.2, 0.25) is 0 Å². The van der Waals surface area contributed by atoms with Crippen LogP contribution in [0.25, 0.3) is 11.1 Å². The molecule has 1 fully saturated rings. The minimum Gasteiger partial charge on any atom is -0.487 e. The van der Waals surface area contributed by atoms with Crippen LogP contribution in [0.15, 0.2) is 42.5 Å². The highest BCUT2D eigenvalue weighted by Gasteiger charge is 2.33. The first kappa shape index (κ1) is 20.2. The minimum atomic E-state index is -4.47. The van der Waals surface area contributed by atoms with E-state index in [0.717, 1.165) is 6.07 Å². The van der Waals surface area contributed by atoms with E-state index in [9.17, 15) is 18.0 Å². The Hall–Kier alpha value is -2.54. The molecule has 1 aliphatic rings. The molecule has 1 amide bonds. The maximum Gasteiger partial charge on any atom is 0.417 e. The normalized spacial score (nSPS) is 14.5. The van der Waals surface area contributed by atoms with E-state index in [1.54, 1.807) is 29.2 Å². The molecule has 0 atom stereocenters. The van der Waals surface area contributed by atoms with Crippen LogP contribution in [0.5, 0.6) is 5.75 Å². The number of rotatable bonds is 6. The zero-order valence-corrected chi connectivity index (χ0v) is 15.8. The number of nitrogens with one attached hydrogen (secondary N) is 1. The van der Waals surface area contributed by atoms with Gasteiger partial charge in [0.15, 0.2) is 0 Å². The molecule has 0 spiro atoms. The van der Waals surface area contributed by atoms with Gasteiger partial charge >= 0.3 is 6.18 Å². The van der Waals surface area contributed by atoms with Crippen LogP contribution in [0, 0.1) is 0 Å². The molecule has 1 aliphatic heterocycles. The Balaban J connectivity index is 2.06. The molecule has 4 nitrogen and oxygen atoms in total. The number of carbonyl (C=O) groups excluding carboxylic acids is 1. The first-order valence-corrected chi connectivity index (χ1v) is 9.32. The molecule has 3 rings (SSSR count). The van der Waals surface area contributed by atoms with Crippen molar-refractivity contribution in [3.05, 3.63) is 53.6 Å². The number of alkyl halides is 3. The Morgan fingerprint density at radius 1 is 1.14 bits per heavy atom. The fourth-order valence-corrected chi connectivity index (χ4v) is 3.15. The first-order valence-electron chi connectivity index (χ1n) is 9.32. The van der Waals surface area contributed by atoms with E-state index in [2.05, 4.69) is 5.32 Å². The van der Waals surface area contributed by atoms with Crippen LogP contribution in [0.2, 0.25) is 0 Å². The fraction of sp³-hybridized carbons (Fsp3) is 0.381. The Morgan fingerprint density at radius 3 is 2.39 bits per heavy atom. The number of nitrogens with zero attached hydrogens (tertiary/aromatic N) is 1. The van der Waals surface area contributed by atoms with E-state index >= 15 is 0 Å². The lowest BCUT2D eigenvalue weighted by Crippen LogP contribution is -2.50. The molecule has 28 heavy (non-hydrogen) atoms. The second kappa shape index (κ2) is 8.22. The molecule has 0 bridgehead atoms. The molecule has 0 saturated carbocycles. The van der Waals surface area contributed by atoms with Gasteiger partial charge in [-0.05, 0) is 43.2 Å². The number of hydrogen-bond acceptors (Lipinski definition) is 3. The Bertz CT molecular complexity index is 844. The van der Waals surface area contributed by atoms with E-state index in [1.807, 2.05) is 13.8 Å². The monoisotopic (exact) mass is 392 g/mol. The van der Waals surface area contributed by atoms with Crippen molar-refractivity contribution >= 4 is 5.91 Å². The van der Waals surface area contributed by atoms with Gasteiger partial charge in [-0.2, -0.15) is 13.2 Å². The van der Waals surface area contributed by atoms with Crippen LogP contribution in [0.3, 0.4) is 0 Å². The van der Waals surface area contributed by atoms with Crippen molar-refractivity contribution in [3.8, 4) is 16.9 Å². The van der Waals surface area contributed by atoms with Crippen molar-refractivity contribution < 1.29 is 22.7 Å². The largest absolute Gasteiger partial charge is 0.487 e. The number of carbonyl (C=O) groups is 1. The molecule has 0 unspecified atom stereocenters. The quantitative estimate of drug-likeness (QED) is 0.801. The van der Waals surface area contributed by atoms with Gasteiger partial charge in [0.05, 0.1) is 11.1 Å². The first-order chi connectivity index (χ1) is 13.3. The third kappa shape index (κ3) is 4.14. The summed E-state index contributed by atoms with van der Waals surface area (Å²) in [4.78, 5) is 14.5. The molecule has 2 aromatic rings. The Kier molecular flexibility index (Phi) is 5.93. The summed E-state index contributed by atoms with van der Waals surface area (Å²) < 4.78 is 46.2. The van der Waals surface area contributed by atoms with Gasteiger partial charge in [-0.1, -0.05) is 24.3 Å². The second-order valence-corrected chi connectivity index (χ2v) is 6.63. The van der Waals surface area contributed by atoms with Gasteiger partial charge in [0.1, 0.15) is 11.9 Å². The van der Waals surface area contributed by atoms with Crippen LogP contribution in [-0.2, 0) is 6.18 Å². The molecule has 2 aromatic carbocycles. The number of ether oxygens (including phenoxy) is 1. The summed E-state index contributed by atoms with van der Waals surface area (Å²) in [6, 6.07) is 10.1. The lowest BCUT2D eigenvalue weighted by molar-refractivity contribution is -0.137. The predicted molar refractivity (Wildman–Crippen MR) is 101 cm³/mol. The van der Waals surface area contributed by atoms with Crippen molar-refractivity contribution in [1.29, 1.82) is 0 Å². The van der Waals surface area contributed by atoms with Gasteiger partial charge in [-0.15, -0.1) is 0 Å². The van der Waals surface area contributed by atoms with Crippen molar-refractivity contribution in [1.82, 2.24) is 10.2 Å². The van der Waals surface area contributed by atoms with Crippen LogP contribution in [0.4, 0.5) is 13.2 Å². The predicted octanol–water partition coefficient (Wildman–Crippen LogP) is 4.21. The summed E-state index contributed by atoms with van der Waals surface area (Å²) in [5, 5.41) is 3.08. The summed E-state index contributed by atoms with van der Waals surface area (Å²) in [5.41, 5.74) is 0.0812. The maximum absolute atomic E-state index is 13.4. The lowest BCUT2D eigenvalue weighted by Gasteiger charge is -2.29. The molecule has 7 heteroatoms. The summed E-state index contributed by atoms with van der Waals surface area (Å²) in [6.07, 6.45) is -4.57. The van der Waals surface area contributed by atoms with Crippen LogP contribution >= 0.6 is 0 Å². The maximum atomic E-state index is 13.4. The van der Waals surface area contributed by atoms with Crippen molar-refractivity contribution in [3.63, 3.8) is 0 Å². The van der Waals surface area contributed by atoms with Crippen molar-refractivity contribution in [2.45, 2.75) is 26.1 Å². The molecule has 1 heterocycles. The molecule has 1 N–H and O–H groups in total. The van der Waals surface area contributed by atoms with Crippen LogP contribution in [-0.4, -0.2) is 43.1 Å². The summed E-state index contributed by atoms with van der Waals surface area (Å²) >= 11 is 0. The zero-order valence-electron chi connectivity index (χ0n) is 15.8. The fourth-order valence-electron chi connectivity index (χ4n) is 3.15. The molecule has 0 radical (unpaired) electrons. The summed E-state index contributed by atoms with van der Waals surface area (Å²) in [5.74, 6) is 0.126. The molecule has 150 valence electrons. The minimum absolute atomic E-state index is 0.0634. The van der Waals surface area contributed by atoms with Gasteiger partial charge < -0.3 is 15.0 Å². The third-order valence-electron chi connectivity index (χ3n) is 4.84. The van der Waals surface area contributed by atoms with Crippen LogP contribution in [0.1, 0.15) is 29.8 Å². The Labute approximate surface area is 162 Å². The highest BCUT2D eigenvalue weighted by Crippen LogP contribution is 2.38. The Morgan fingerprint density at radius 2 is 1.82 bits per heavy atom. The van der Waals surface area contributed by atoms with E-state index in [4.69, 9.17) is 4.74 Å². The number of amides is 1. The molecular formula is C21H23F3N2O2. The number of hydrogen-bond donors (Lipinski definition) is 1. The highest BCUT2D eigenvalue weighted by molar-refractivity contribution is 5.97. The smallest absolute Gasteiger partial charge is 0.417 e. The van der Waals surface area contributed by atoms with Crippen molar-refractivity contribution in [2.24, 2.45) is 0 Å². The van der Waals surface area contributed by atoms with Gasteiger partial charge in [-0.3, -0.25) is 4.79 Å². The average Bonchev–Trinajstić information content (AvgIpc) is 2.64. The van der Waals surface area contributed by atoms with E-state index < -0.39 is 11.7 Å². The SMILES string of the molecule is CCN(CC)C(=O)c1ccc(-c2ccccc2C(F)(F)F)cc1OC1CNC1. The van der Waals surface area contributed by atoms with E-state index in [0.29, 0.717) is 43.1 Å². The summed E-state index contributed by atoms with van der Waals surface area (Å²) in [6.45, 7) is 6.12. The topological polar surface area (TPSA) is 41.6 Å². The van der Waals surface area contributed by atoms with Crippen LogP contribution < -0.4 is 10.1 Å². The number of halogens is 3. The molecular weight excluding hydrogens is 369 g/mol. The van der Waals surface area contributed by atoms with Gasteiger partial charge in [0.25, 0.3) is 5.91 Å². The van der Waals surface area contributed by atoms with E-state index in [1.165, 1.54) is 12.1 Å². The average molecular weight is 392 g/mol.